The Labute approximate surface area is 163 Å². The van der Waals surface area contributed by atoms with Crippen LogP contribution in [0.25, 0.3) is 10.8 Å². The molecule has 2 aromatic carbocycles. The SMILES string of the molecule is CC(C)[NH+]1CCc2c(sc(NC(=O)c3cccc4ccccc34)c2C#N)C1. The fourth-order valence-electron chi connectivity index (χ4n) is 3.79. The molecule has 1 amide bonds. The van der Waals surface area contributed by atoms with Crippen LogP contribution in [-0.2, 0) is 13.0 Å². The maximum Gasteiger partial charge on any atom is 0.256 e. The molecule has 2 heterocycles. The molecule has 0 saturated heterocycles. The lowest BCUT2D eigenvalue weighted by Gasteiger charge is -2.27. The highest BCUT2D eigenvalue weighted by molar-refractivity contribution is 7.16. The summed E-state index contributed by atoms with van der Waals surface area (Å²) >= 11 is 1.56. The summed E-state index contributed by atoms with van der Waals surface area (Å²) in [7, 11) is 0. The second kappa shape index (κ2) is 7.15. The summed E-state index contributed by atoms with van der Waals surface area (Å²) in [4.78, 5) is 15.7. The number of rotatable bonds is 3. The average Bonchev–Trinajstić information content (AvgIpc) is 3.03. The molecule has 4 nitrogen and oxygen atoms in total. The van der Waals surface area contributed by atoms with Gasteiger partial charge in [-0.2, -0.15) is 5.26 Å². The zero-order valence-corrected chi connectivity index (χ0v) is 16.3. The van der Waals surface area contributed by atoms with Crippen LogP contribution < -0.4 is 10.2 Å². The highest BCUT2D eigenvalue weighted by atomic mass is 32.1. The third-order valence-corrected chi connectivity index (χ3v) is 6.51. The molecule has 0 bridgehead atoms. The van der Waals surface area contributed by atoms with Gasteiger partial charge < -0.3 is 10.2 Å². The molecule has 0 spiro atoms. The third-order valence-electron chi connectivity index (χ3n) is 5.36. The van der Waals surface area contributed by atoms with E-state index in [4.69, 9.17) is 0 Å². The lowest BCUT2D eigenvalue weighted by Crippen LogP contribution is -3.14. The number of carbonyl (C=O) groups excluding carboxylic acids is 1. The Morgan fingerprint density at radius 3 is 2.78 bits per heavy atom. The number of nitriles is 1. The first-order valence-corrected chi connectivity index (χ1v) is 10.1. The van der Waals surface area contributed by atoms with Crippen molar-refractivity contribution >= 4 is 33.0 Å². The number of fused-ring (bicyclic) bond motifs is 2. The van der Waals surface area contributed by atoms with Crippen molar-refractivity contribution in [3.8, 4) is 6.07 Å². The number of anilines is 1. The van der Waals surface area contributed by atoms with Crippen LogP contribution in [-0.4, -0.2) is 18.5 Å². The Kier molecular flexibility index (Phi) is 4.69. The summed E-state index contributed by atoms with van der Waals surface area (Å²) in [6.45, 7) is 6.41. The normalized spacial score (nSPS) is 16.1. The van der Waals surface area contributed by atoms with Gasteiger partial charge in [-0.1, -0.05) is 36.4 Å². The van der Waals surface area contributed by atoms with E-state index in [0.29, 0.717) is 22.2 Å². The van der Waals surface area contributed by atoms with E-state index < -0.39 is 0 Å². The van der Waals surface area contributed by atoms with Gasteiger partial charge in [0.25, 0.3) is 5.91 Å². The van der Waals surface area contributed by atoms with Crippen LogP contribution in [0.15, 0.2) is 42.5 Å². The Hall–Kier alpha value is -2.68. The quantitative estimate of drug-likeness (QED) is 0.736. The highest BCUT2D eigenvalue weighted by Gasteiger charge is 2.28. The number of thiophene rings is 1. The monoisotopic (exact) mass is 376 g/mol. The van der Waals surface area contributed by atoms with E-state index in [9.17, 15) is 10.1 Å². The van der Waals surface area contributed by atoms with Crippen molar-refractivity contribution in [1.29, 1.82) is 5.26 Å². The molecule has 1 aromatic heterocycles. The number of hydrogen-bond acceptors (Lipinski definition) is 3. The number of quaternary nitrogens is 1. The summed E-state index contributed by atoms with van der Waals surface area (Å²) in [6.07, 6.45) is 0.895. The number of hydrogen-bond donors (Lipinski definition) is 2. The number of nitrogens with one attached hydrogen (secondary N) is 2. The maximum atomic E-state index is 13.0. The molecule has 1 aliphatic heterocycles. The molecule has 5 heteroatoms. The minimum Gasteiger partial charge on any atom is -0.328 e. The van der Waals surface area contributed by atoms with Gasteiger partial charge in [0.05, 0.1) is 23.0 Å². The van der Waals surface area contributed by atoms with Crippen molar-refractivity contribution < 1.29 is 9.69 Å². The van der Waals surface area contributed by atoms with Crippen LogP contribution in [0.3, 0.4) is 0 Å². The van der Waals surface area contributed by atoms with Crippen molar-refractivity contribution in [2.75, 3.05) is 11.9 Å². The molecule has 136 valence electrons. The van der Waals surface area contributed by atoms with Crippen LogP contribution in [0, 0.1) is 11.3 Å². The minimum atomic E-state index is -0.157. The molecule has 0 saturated carbocycles. The largest absolute Gasteiger partial charge is 0.328 e. The summed E-state index contributed by atoms with van der Waals surface area (Å²) in [5, 5.41) is 15.4. The number of benzene rings is 2. The summed E-state index contributed by atoms with van der Waals surface area (Å²) in [5.74, 6) is -0.157. The van der Waals surface area contributed by atoms with Crippen molar-refractivity contribution in [3.63, 3.8) is 0 Å². The van der Waals surface area contributed by atoms with Crippen LogP contribution >= 0.6 is 11.3 Å². The van der Waals surface area contributed by atoms with Gasteiger partial charge in [0.1, 0.15) is 17.6 Å². The van der Waals surface area contributed by atoms with Crippen LogP contribution in [0.2, 0.25) is 0 Å². The third kappa shape index (κ3) is 3.23. The summed E-state index contributed by atoms with van der Waals surface area (Å²) in [6, 6.07) is 16.5. The van der Waals surface area contributed by atoms with E-state index in [1.165, 1.54) is 9.78 Å². The van der Waals surface area contributed by atoms with Gasteiger partial charge in [0.15, 0.2) is 0 Å². The molecule has 27 heavy (non-hydrogen) atoms. The van der Waals surface area contributed by atoms with Gasteiger partial charge in [-0.25, -0.2) is 0 Å². The molecule has 2 N–H and O–H groups in total. The van der Waals surface area contributed by atoms with Gasteiger partial charge >= 0.3 is 0 Å². The molecular formula is C22H22N3OS+. The Bertz CT molecular complexity index is 1060. The standard InChI is InChI=1S/C22H21N3OS/c1-14(2)25-11-10-17-19(12-23)22(27-20(17)13-25)24-21(26)18-9-5-7-15-6-3-4-8-16(15)18/h3-9,14H,10-11,13H2,1-2H3,(H,24,26)/p+1. The predicted molar refractivity (Wildman–Crippen MR) is 109 cm³/mol. The van der Waals surface area contributed by atoms with Crippen molar-refractivity contribution in [2.45, 2.75) is 32.9 Å². The molecule has 0 radical (unpaired) electrons. The Morgan fingerprint density at radius 1 is 1.22 bits per heavy atom. The molecule has 3 aromatic rings. The molecule has 4 rings (SSSR count). The lowest BCUT2D eigenvalue weighted by molar-refractivity contribution is -0.936. The smallest absolute Gasteiger partial charge is 0.256 e. The van der Waals surface area contributed by atoms with Gasteiger partial charge in [-0.15, -0.1) is 11.3 Å². The summed E-state index contributed by atoms with van der Waals surface area (Å²) in [5.41, 5.74) is 2.41. The topological polar surface area (TPSA) is 57.3 Å². The zero-order valence-electron chi connectivity index (χ0n) is 15.5. The summed E-state index contributed by atoms with van der Waals surface area (Å²) < 4.78 is 0. The Balaban J connectivity index is 1.67. The number of carbonyl (C=O) groups is 1. The van der Waals surface area contributed by atoms with E-state index in [1.54, 1.807) is 11.3 Å². The molecule has 1 aliphatic rings. The molecule has 0 aliphatic carbocycles. The van der Waals surface area contributed by atoms with Gasteiger partial charge in [0, 0.05) is 12.0 Å². The first-order valence-electron chi connectivity index (χ1n) is 9.26. The average molecular weight is 377 g/mol. The van der Waals surface area contributed by atoms with E-state index in [0.717, 1.165) is 35.8 Å². The van der Waals surface area contributed by atoms with Crippen molar-refractivity contribution in [3.05, 3.63) is 64.0 Å². The van der Waals surface area contributed by atoms with E-state index >= 15 is 0 Å². The van der Waals surface area contributed by atoms with E-state index in [1.807, 2.05) is 42.5 Å². The second-order valence-corrected chi connectivity index (χ2v) is 8.40. The predicted octanol–water partition coefficient (Wildman–Crippen LogP) is 3.37. The number of nitrogens with zero attached hydrogens (tertiary/aromatic N) is 1. The molecular weight excluding hydrogens is 354 g/mol. The van der Waals surface area contributed by atoms with Crippen molar-refractivity contribution in [2.24, 2.45) is 0 Å². The molecule has 0 fully saturated rings. The van der Waals surface area contributed by atoms with E-state index in [-0.39, 0.29) is 5.91 Å². The first kappa shape index (κ1) is 17.7. The zero-order chi connectivity index (χ0) is 19.0. The van der Waals surface area contributed by atoms with Crippen LogP contribution in [0.4, 0.5) is 5.00 Å². The fraction of sp³-hybridized carbons (Fsp3) is 0.273. The molecule has 1 atom stereocenters. The maximum absolute atomic E-state index is 13.0. The van der Waals surface area contributed by atoms with Gasteiger partial charge in [0.2, 0.25) is 0 Å². The Morgan fingerprint density at radius 2 is 2.00 bits per heavy atom. The van der Waals surface area contributed by atoms with Crippen LogP contribution in [0.5, 0.6) is 0 Å². The highest BCUT2D eigenvalue weighted by Crippen LogP contribution is 2.34. The lowest BCUT2D eigenvalue weighted by atomic mass is 10.0. The van der Waals surface area contributed by atoms with Gasteiger partial charge in [-0.3, -0.25) is 4.79 Å². The first-order chi connectivity index (χ1) is 13.1. The second-order valence-electron chi connectivity index (χ2n) is 7.29. The minimum absolute atomic E-state index is 0.157. The van der Waals surface area contributed by atoms with Gasteiger partial charge in [-0.05, 0) is 36.2 Å². The van der Waals surface area contributed by atoms with E-state index in [2.05, 4.69) is 25.2 Å². The van der Waals surface area contributed by atoms with Crippen LogP contribution in [0.1, 0.15) is 40.2 Å². The number of amides is 1. The molecule has 1 unspecified atom stereocenters. The van der Waals surface area contributed by atoms with Crippen molar-refractivity contribution in [1.82, 2.24) is 0 Å². The fourth-order valence-corrected chi connectivity index (χ4v) is 5.04.